The van der Waals surface area contributed by atoms with Gasteiger partial charge in [-0.15, -0.1) is 0 Å². The van der Waals surface area contributed by atoms with Crippen molar-refractivity contribution in [2.45, 2.75) is 24.9 Å². The van der Waals surface area contributed by atoms with Crippen LogP contribution in [-0.2, 0) is 16.0 Å². The maximum atomic E-state index is 13.0. The lowest BCUT2D eigenvalue weighted by Crippen LogP contribution is -2.55. The Morgan fingerprint density at radius 3 is 2.71 bits per heavy atom. The van der Waals surface area contributed by atoms with E-state index in [2.05, 4.69) is 5.32 Å². The van der Waals surface area contributed by atoms with Gasteiger partial charge in [-0.1, -0.05) is 0 Å². The van der Waals surface area contributed by atoms with Crippen LogP contribution in [0.1, 0.15) is 18.4 Å². The minimum absolute atomic E-state index is 0.0930. The summed E-state index contributed by atoms with van der Waals surface area (Å²) in [5.41, 5.74) is 1.49. The molecule has 1 aromatic carbocycles. The van der Waals surface area contributed by atoms with Gasteiger partial charge in [0.05, 0.1) is 7.11 Å². The Morgan fingerprint density at radius 1 is 1.29 bits per heavy atom. The van der Waals surface area contributed by atoms with Gasteiger partial charge in [-0.05, 0) is 56.1 Å². The lowest BCUT2D eigenvalue weighted by molar-refractivity contribution is -0.143. The van der Waals surface area contributed by atoms with Crippen LogP contribution in [0, 0.1) is 0 Å². The minimum atomic E-state index is -0.674. The van der Waals surface area contributed by atoms with Crippen molar-refractivity contribution in [2.75, 3.05) is 38.8 Å². The van der Waals surface area contributed by atoms with E-state index in [1.807, 2.05) is 23.1 Å². The van der Waals surface area contributed by atoms with E-state index in [0.29, 0.717) is 0 Å². The van der Waals surface area contributed by atoms with Crippen LogP contribution in [0.2, 0.25) is 0 Å². The van der Waals surface area contributed by atoms with E-state index >= 15 is 0 Å². The Kier molecular flexibility index (Phi) is 3.87. The lowest BCUT2D eigenvalue weighted by Gasteiger charge is -2.37. The molecule has 3 rings (SSSR count). The first-order chi connectivity index (χ1) is 10.2. The Hall–Kier alpha value is -1.59. The number of benzene rings is 1. The molecule has 1 saturated heterocycles. The molecule has 5 heteroatoms. The predicted molar refractivity (Wildman–Crippen MR) is 80.9 cm³/mol. The molecule has 0 aromatic heterocycles. The first-order valence-electron chi connectivity index (χ1n) is 7.45. The molecule has 0 bridgehead atoms. The topological polar surface area (TPSA) is 50.8 Å². The van der Waals surface area contributed by atoms with E-state index in [0.717, 1.165) is 50.3 Å². The number of methoxy groups -OCH3 is 2. The van der Waals surface area contributed by atoms with Crippen molar-refractivity contribution in [3.63, 3.8) is 0 Å². The first-order valence-corrected chi connectivity index (χ1v) is 7.45. The SMILES string of the molecule is COc1ccc2c(c1)CCN2C(=O)C1(OC)CCNCC1. The van der Waals surface area contributed by atoms with Gasteiger partial charge in [0, 0.05) is 19.3 Å². The molecule has 1 N–H and O–H groups in total. The number of rotatable bonds is 3. The van der Waals surface area contributed by atoms with E-state index in [1.165, 1.54) is 5.56 Å². The molecule has 1 amide bonds. The van der Waals surface area contributed by atoms with Crippen LogP contribution in [0.25, 0.3) is 0 Å². The Bertz CT molecular complexity index is 538. The van der Waals surface area contributed by atoms with E-state index in [-0.39, 0.29) is 5.91 Å². The van der Waals surface area contributed by atoms with E-state index in [9.17, 15) is 4.79 Å². The summed E-state index contributed by atoms with van der Waals surface area (Å²) < 4.78 is 10.9. The molecule has 2 aliphatic rings. The highest BCUT2D eigenvalue weighted by atomic mass is 16.5. The number of anilines is 1. The molecule has 114 valence electrons. The molecule has 2 aliphatic heterocycles. The monoisotopic (exact) mass is 290 g/mol. The molecule has 0 saturated carbocycles. The summed E-state index contributed by atoms with van der Waals surface area (Å²) in [6.45, 7) is 2.37. The Balaban J connectivity index is 1.87. The van der Waals surface area contributed by atoms with Crippen LogP contribution in [0.15, 0.2) is 18.2 Å². The van der Waals surface area contributed by atoms with Gasteiger partial charge in [-0.2, -0.15) is 0 Å². The molecule has 0 atom stereocenters. The second-order valence-electron chi connectivity index (χ2n) is 5.65. The largest absolute Gasteiger partial charge is 0.497 e. The van der Waals surface area contributed by atoms with Gasteiger partial charge in [0.2, 0.25) is 0 Å². The Labute approximate surface area is 125 Å². The molecular formula is C16H22N2O3. The van der Waals surface area contributed by atoms with Gasteiger partial charge in [0.1, 0.15) is 11.4 Å². The summed E-state index contributed by atoms with van der Waals surface area (Å²) in [7, 11) is 3.31. The van der Waals surface area contributed by atoms with E-state index in [1.54, 1.807) is 14.2 Å². The standard InChI is InChI=1S/C16H22N2O3/c1-20-13-3-4-14-12(11-13)5-10-18(14)15(19)16(21-2)6-8-17-9-7-16/h3-4,11,17H,5-10H2,1-2H3. The van der Waals surface area contributed by atoms with E-state index in [4.69, 9.17) is 9.47 Å². The fourth-order valence-corrected chi connectivity index (χ4v) is 3.30. The zero-order chi connectivity index (χ0) is 14.9. The Morgan fingerprint density at radius 2 is 2.05 bits per heavy atom. The molecule has 21 heavy (non-hydrogen) atoms. The third kappa shape index (κ3) is 2.40. The number of piperidine rings is 1. The van der Waals surface area contributed by atoms with Crippen molar-refractivity contribution < 1.29 is 14.3 Å². The summed E-state index contributed by atoms with van der Waals surface area (Å²) in [5.74, 6) is 0.932. The number of hydrogen-bond acceptors (Lipinski definition) is 4. The molecule has 0 aliphatic carbocycles. The normalized spacial score (nSPS) is 20.2. The molecule has 1 fully saturated rings. The number of amides is 1. The number of carbonyl (C=O) groups excluding carboxylic acids is 1. The smallest absolute Gasteiger partial charge is 0.259 e. The second-order valence-corrected chi connectivity index (χ2v) is 5.65. The van der Waals surface area contributed by atoms with Gasteiger partial charge in [0.25, 0.3) is 5.91 Å². The summed E-state index contributed by atoms with van der Waals surface area (Å²) in [4.78, 5) is 14.9. The highest BCUT2D eigenvalue weighted by molar-refractivity contribution is 6.01. The van der Waals surface area contributed by atoms with Crippen molar-refractivity contribution in [3.05, 3.63) is 23.8 Å². The van der Waals surface area contributed by atoms with Crippen LogP contribution in [-0.4, -0.2) is 45.4 Å². The molecule has 0 unspecified atom stereocenters. The van der Waals surface area contributed by atoms with Crippen molar-refractivity contribution in [1.82, 2.24) is 5.32 Å². The molecule has 2 heterocycles. The van der Waals surface area contributed by atoms with Gasteiger partial charge in [-0.3, -0.25) is 4.79 Å². The average Bonchev–Trinajstić information content (AvgIpc) is 2.97. The second kappa shape index (κ2) is 5.66. The predicted octanol–water partition coefficient (Wildman–Crippen LogP) is 1.35. The number of nitrogens with one attached hydrogen (secondary N) is 1. The number of hydrogen-bond donors (Lipinski definition) is 1. The van der Waals surface area contributed by atoms with Crippen molar-refractivity contribution in [3.8, 4) is 5.75 Å². The zero-order valence-electron chi connectivity index (χ0n) is 12.6. The number of ether oxygens (including phenoxy) is 2. The highest BCUT2D eigenvalue weighted by Crippen LogP contribution is 2.35. The first kappa shape index (κ1) is 14.4. The number of fused-ring (bicyclic) bond motifs is 1. The molecule has 0 spiro atoms. The van der Waals surface area contributed by atoms with Gasteiger partial charge >= 0.3 is 0 Å². The summed E-state index contributed by atoms with van der Waals surface area (Å²) in [6.07, 6.45) is 2.32. The van der Waals surface area contributed by atoms with E-state index < -0.39 is 5.60 Å². The summed E-state index contributed by atoms with van der Waals surface area (Å²) in [6, 6.07) is 5.90. The fraction of sp³-hybridized carbons (Fsp3) is 0.562. The van der Waals surface area contributed by atoms with Crippen LogP contribution >= 0.6 is 0 Å². The average molecular weight is 290 g/mol. The van der Waals surface area contributed by atoms with Crippen molar-refractivity contribution in [1.29, 1.82) is 0 Å². The zero-order valence-corrected chi connectivity index (χ0v) is 12.6. The van der Waals surface area contributed by atoms with Crippen LogP contribution < -0.4 is 15.0 Å². The highest BCUT2D eigenvalue weighted by Gasteiger charge is 2.44. The van der Waals surface area contributed by atoms with Gasteiger partial charge in [-0.25, -0.2) is 0 Å². The van der Waals surface area contributed by atoms with Crippen molar-refractivity contribution in [2.24, 2.45) is 0 Å². The minimum Gasteiger partial charge on any atom is -0.497 e. The maximum Gasteiger partial charge on any atom is 0.259 e. The molecular weight excluding hydrogens is 268 g/mol. The molecule has 5 nitrogen and oxygen atoms in total. The van der Waals surface area contributed by atoms with Crippen LogP contribution in [0.4, 0.5) is 5.69 Å². The number of carbonyl (C=O) groups is 1. The molecule has 1 aromatic rings. The lowest BCUT2D eigenvalue weighted by atomic mass is 9.90. The quantitative estimate of drug-likeness (QED) is 0.913. The van der Waals surface area contributed by atoms with Crippen molar-refractivity contribution >= 4 is 11.6 Å². The molecule has 0 radical (unpaired) electrons. The van der Waals surface area contributed by atoms with Gasteiger partial charge in [0.15, 0.2) is 0 Å². The third-order valence-corrected chi connectivity index (χ3v) is 4.62. The summed E-state index contributed by atoms with van der Waals surface area (Å²) >= 11 is 0. The van der Waals surface area contributed by atoms with Crippen LogP contribution in [0.5, 0.6) is 5.75 Å². The van der Waals surface area contributed by atoms with Gasteiger partial charge < -0.3 is 19.7 Å². The number of nitrogens with zero attached hydrogens (tertiary/aromatic N) is 1. The fourth-order valence-electron chi connectivity index (χ4n) is 3.30. The van der Waals surface area contributed by atoms with Crippen LogP contribution in [0.3, 0.4) is 0 Å². The third-order valence-electron chi connectivity index (χ3n) is 4.62. The maximum absolute atomic E-state index is 13.0. The summed E-state index contributed by atoms with van der Waals surface area (Å²) in [5, 5.41) is 3.29.